The van der Waals surface area contributed by atoms with Crippen molar-refractivity contribution in [2.45, 2.75) is 71.3 Å². The van der Waals surface area contributed by atoms with Crippen molar-refractivity contribution in [1.82, 2.24) is 4.90 Å². The van der Waals surface area contributed by atoms with Gasteiger partial charge in [0.2, 0.25) is 0 Å². The number of amides is 1. The van der Waals surface area contributed by atoms with Gasteiger partial charge in [-0.05, 0) is 38.9 Å². The fourth-order valence-corrected chi connectivity index (χ4v) is 2.43. The molecule has 0 bridgehead atoms. The lowest BCUT2D eigenvalue weighted by atomic mass is 10.2. The summed E-state index contributed by atoms with van der Waals surface area (Å²) in [6, 6.07) is 0.198. The van der Waals surface area contributed by atoms with Gasteiger partial charge in [-0.25, -0.2) is 4.79 Å². The summed E-state index contributed by atoms with van der Waals surface area (Å²) in [5, 5.41) is 0.207. The molecule has 0 unspecified atom stereocenters. The number of ether oxygens (including phenoxy) is 1. The second-order valence-electron chi connectivity index (χ2n) is 7.86. The highest BCUT2D eigenvalue weighted by atomic mass is 28.4. The second-order valence-corrected chi connectivity index (χ2v) is 12.7. The van der Waals surface area contributed by atoms with Crippen LogP contribution >= 0.6 is 0 Å². The van der Waals surface area contributed by atoms with E-state index in [1.807, 2.05) is 20.8 Å². The predicted molar refractivity (Wildman–Crippen MR) is 79.9 cm³/mol. The summed E-state index contributed by atoms with van der Waals surface area (Å²) in [6.45, 7) is 18.2. The Labute approximate surface area is 118 Å². The summed E-state index contributed by atoms with van der Waals surface area (Å²) in [7, 11) is -1.72. The molecule has 1 atom stereocenters. The van der Waals surface area contributed by atoms with E-state index in [0.717, 1.165) is 6.54 Å². The molecule has 1 aliphatic rings. The minimum absolute atomic E-state index is 0.198. The topological polar surface area (TPSA) is 38.5 Å². The van der Waals surface area contributed by atoms with Gasteiger partial charge in [0.15, 0.2) is 8.32 Å². The minimum atomic E-state index is -1.72. The van der Waals surface area contributed by atoms with Gasteiger partial charge in [0.1, 0.15) is 5.60 Å². The van der Waals surface area contributed by atoms with Crippen LogP contribution in [0.5, 0.6) is 0 Å². The van der Waals surface area contributed by atoms with Gasteiger partial charge in [0.25, 0.3) is 0 Å². The fourth-order valence-electron chi connectivity index (χ4n) is 1.39. The van der Waals surface area contributed by atoms with Crippen molar-refractivity contribution in [2.24, 2.45) is 0 Å². The molecule has 0 aromatic carbocycles. The van der Waals surface area contributed by atoms with E-state index >= 15 is 0 Å². The lowest BCUT2D eigenvalue weighted by molar-refractivity contribution is 0.0396. The zero-order valence-electron chi connectivity index (χ0n) is 13.7. The van der Waals surface area contributed by atoms with Crippen LogP contribution in [0.25, 0.3) is 0 Å². The van der Waals surface area contributed by atoms with Gasteiger partial charge in [0.05, 0.1) is 12.6 Å². The zero-order valence-corrected chi connectivity index (χ0v) is 14.7. The number of rotatable bonds is 3. The molecule has 0 aromatic rings. The molecule has 112 valence electrons. The van der Waals surface area contributed by atoms with E-state index in [-0.39, 0.29) is 17.2 Å². The summed E-state index contributed by atoms with van der Waals surface area (Å²) in [6.07, 6.45) is -0.226. The molecule has 1 saturated heterocycles. The molecule has 1 fully saturated rings. The smallest absolute Gasteiger partial charge is 0.410 e. The molecular formula is C14H29NO3Si. The maximum Gasteiger partial charge on any atom is 0.410 e. The first-order valence-electron chi connectivity index (χ1n) is 6.97. The Morgan fingerprint density at radius 1 is 1.21 bits per heavy atom. The fraction of sp³-hybridized carbons (Fsp3) is 0.929. The first kappa shape index (κ1) is 16.5. The highest BCUT2D eigenvalue weighted by Crippen LogP contribution is 2.37. The van der Waals surface area contributed by atoms with Gasteiger partial charge in [-0.1, -0.05) is 20.8 Å². The average molecular weight is 287 g/mol. The van der Waals surface area contributed by atoms with E-state index in [1.165, 1.54) is 0 Å². The predicted octanol–water partition coefficient (Wildman–Crippen LogP) is 3.63. The maximum atomic E-state index is 11.8. The first-order valence-corrected chi connectivity index (χ1v) is 9.88. The van der Waals surface area contributed by atoms with Gasteiger partial charge in [-0.2, -0.15) is 0 Å². The molecule has 4 nitrogen and oxygen atoms in total. The summed E-state index contributed by atoms with van der Waals surface area (Å²) in [5.74, 6) is 0. The Balaban J connectivity index is 2.38. The van der Waals surface area contributed by atoms with Crippen LogP contribution in [0.3, 0.4) is 0 Å². The summed E-state index contributed by atoms with van der Waals surface area (Å²) < 4.78 is 11.5. The summed E-state index contributed by atoms with van der Waals surface area (Å²) in [4.78, 5) is 13.5. The third kappa shape index (κ3) is 4.80. The van der Waals surface area contributed by atoms with E-state index in [0.29, 0.717) is 6.61 Å². The molecule has 0 aliphatic carbocycles. The SMILES string of the molecule is CC(C)(C)OC(=O)N1C[C@H]1CO[Si](C)(C)C(C)(C)C. The zero-order chi connectivity index (χ0) is 15.1. The van der Waals surface area contributed by atoms with Crippen molar-refractivity contribution in [2.75, 3.05) is 13.2 Å². The molecule has 0 aromatic heterocycles. The molecule has 0 N–H and O–H groups in total. The first-order chi connectivity index (χ1) is 8.33. The number of hydrogen-bond donors (Lipinski definition) is 0. The molecule has 5 heteroatoms. The van der Waals surface area contributed by atoms with Gasteiger partial charge in [0, 0.05) is 6.54 Å². The van der Waals surface area contributed by atoms with Crippen molar-refractivity contribution >= 4 is 14.4 Å². The van der Waals surface area contributed by atoms with Crippen molar-refractivity contribution < 1.29 is 14.0 Å². The molecule has 1 rings (SSSR count). The van der Waals surface area contributed by atoms with E-state index in [9.17, 15) is 4.79 Å². The van der Waals surface area contributed by atoms with Crippen LogP contribution in [0.1, 0.15) is 41.5 Å². The molecule has 1 aliphatic heterocycles. The Morgan fingerprint density at radius 2 is 1.74 bits per heavy atom. The Kier molecular flexibility index (Phi) is 4.42. The van der Waals surface area contributed by atoms with E-state index < -0.39 is 13.9 Å². The average Bonchev–Trinajstić information content (AvgIpc) is 2.89. The second kappa shape index (κ2) is 5.09. The molecule has 1 amide bonds. The van der Waals surface area contributed by atoms with E-state index in [2.05, 4.69) is 33.9 Å². The number of hydrogen-bond acceptors (Lipinski definition) is 3. The van der Waals surface area contributed by atoms with Gasteiger partial charge >= 0.3 is 6.09 Å². The minimum Gasteiger partial charge on any atom is -0.444 e. The van der Waals surface area contributed by atoms with Crippen molar-refractivity contribution in [1.29, 1.82) is 0 Å². The third-order valence-corrected chi connectivity index (χ3v) is 8.29. The molecule has 0 radical (unpaired) electrons. The quantitative estimate of drug-likeness (QED) is 0.588. The maximum absolute atomic E-state index is 11.8. The lowest BCUT2D eigenvalue weighted by Gasteiger charge is -2.36. The van der Waals surface area contributed by atoms with Crippen LogP contribution in [0.4, 0.5) is 4.79 Å². The van der Waals surface area contributed by atoms with Crippen LogP contribution in [0, 0.1) is 0 Å². The van der Waals surface area contributed by atoms with Gasteiger partial charge < -0.3 is 9.16 Å². The van der Waals surface area contributed by atoms with E-state index in [4.69, 9.17) is 9.16 Å². The number of carbonyl (C=O) groups excluding carboxylic acids is 1. The standard InChI is InChI=1S/C14H29NO3Si/c1-13(2,3)18-12(16)15-9-11(15)10-17-19(7,8)14(4,5)6/h11H,9-10H2,1-8H3/t11-,15?/m0/s1. The van der Waals surface area contributed by atoms with Crippen LogP contribution in [0.2, 0.25) is 18.1 Å². The monoisotopic (exact) mass is 287 g/mol. The molecular weight excluding hydrogens is 258 g/mol. The third-order valence-electron chi connectivity index (χ3n) is 3.79. The van der Waals surface area contributed by atoms with Crippen LogP contribution < -0.4 is 0 Å². The Bertz CT molecular complexity index is 342. The lowest BCUT2D eigenvalue weighted by Crippen LogP contribution is -2.42. The van der Waals surface area contributed by atoms with Crippen LogP contribution in [-0.2, 0) is 9.16 Å². The van der Waals surface area contributed by atoms with Crippen LogP contribution in [0.15, 0.2) is 0 Å². The molecule has 19 heavy (non-hydrogen) atoms. The largest absolute Gasteiger partial charge is 0.444 e. The van der Waals surface area contributed by atoms with Crippen molar-refractivity contribution in [3.63, 3.8) is 0 Å². The number of nitrogens with zero attached hydrogens (tertiary/aromatic N) is 1. The van der Waals surface area contributed by atoms with Crippen molar-refractivity contribution in [3.8, 4) is 0 Å². The summed E-state index contributed by atoms with van der Waals surface area (Å²) >= 11 is 0. The van der Waals surface area contributed by atoms with Gasteiger partial charge in [-0.15, -0.1) is 0 Å². The van der Waals surface area contributed by atoms with Gasteiger partial charge in [-0.3, -0.25) is 4.90 Å². The van der Waals surface area contributed by atoms with Crippen LogP contribution in [-0.4, -0.2) is 44.1 Å². The highest BCUT2D eigenvalue weighted by molar-refractivity contribution is 6.74. The Hall–Kier alpha value is -0.553. The van der Waals surface area contributed by atoms with Crippen molar-refractivity contribution in [3.05, 3.63) is 0 Å². The normalized spacial score (nSPS) is 20.4. The summed E-state index contributed by atoms with van der Waals surface area (Å²) in [5.41, 5.74) is -0.426. The molecule has 0 saturated carbocycles. The molecule has 1 heterocycles. The highest BCUT2D eigenvalue weighted by Gasteiger charge is 2.44. The number of carbonyl (C=O) groups is 1. The molecule has 0 spiro atoms. The van der Waals surface area contributed by atoms with E-state index in [1.54, 1.807) is 4.90 Å². The Morgan fingerprint density at radius 3 is 2.16 bits per heavy atom.